The van der Waals surface area contributed by atoms with E-state index in [0.717, 1.165) is 50.8 Å². The third-order valence-corrected chi connectivity index (χ3v) is 10.0. The van der Waals surface area contributed by atoms with Crippen molar-refractivity contribution in [2.45, 2.75) is 11.6 Å². The first kappa shape index (κ1) is 28.4. The first-order valence-electron chi connectivity index (χ1n) is 16.9. The number of hydrogen-bond acceptors (Lipinski definition) is 5. The van der Waals surface area contributed by atoms with Gasteiger partial charge in [-0.05, 0) is 52.1 Å². The van der Waals surface area contributed by atoms with E-state index in [1.54, 1.807) is 0 Å². The molecule has 0 saturated heterocycles. The van der Waals surface area contributed by atoms with Gasteiger partial charge in [0.05, 0.1) is 11.1 Å². The Morgan fingerprint density at radius 2 is 1.08 bits per heavy atom. The highest BCUT2D eigenvalue weighted by Crippen LogP contribution is 2.63. The number of para-hydroxylation sites is 2. The van der Waals surface area contributed by atoms with Crippen LogP contribution in [-0.2, 0) is 5.41 Å². The summed E-state index contributed by atoms with van der Waals surface area (Å²) in [6.07, 6.45) is -0.309. The van der Waals surface area contributed by atoms with Gasteiger partial charge >= 0.3 is 0 Å². The Balaban J connectivity index is 1.16. The van der Waals surface area contributed by atoms with Crippen molar-refractivity contribution in [3.8, 4) is 33.9 Å². The molecule has 3 aliphatic rings. The molecular weight excluding hydrogens is 613 g/mol. The Hall–Kier alpha value is -6.59. The van der Waals surface area contributed by atoms with E-state index in [1.807, 2.05) is 60.7 Å². The van der Waals surface area contributed by atoms with Gasteiger partial charge in [0.25, 0.3) is 0 Å². The molecule has 0 saturated carbocycles. The van der Waals surface area contributed by atoms with E-state index in [4.69, 9.17) is 19.7 Å². The first-order chi connectivity index (χ1) is 24.8. The zero-order valence-corrected chi connectivity index (χ0v) is 27.0. The smallest absolute Gasteiger partial charge is 0.178 e. The van der Waals surface area contributed by atoms with Crippen LogP contribution in [0.25, 0.3) is 22.4 Å². The lowest BCUT2D eigenvalue weighted by Crippen LogP contribution is -2.33. The van der Waals surface area contributed by atoms with Gasteiger partial charge in [-0.2, -0.15) is 0 Å². The molecule has 0 radical (unpaired) electrons. The summed E-state index contributed by atoms with van der Waals surface area (Å²) in [4.78, 5) is 15.3. The maximum atomic E-state index is 6.91. The van der Waals surface area contributed by atoms with Gasteiger partial charge in [0, 0.05) is 22.3 Å². The van der Waals surface area contributed by atoms with Crippen LogP contribution in [0.3, 0.4) is 0 Å². The van der Waals surface area contributed by atoms with Crippen LogP contribution in [0.4, 0.5) is 0 Å². The molecule has 10 rings (SSSR count). The van der Waals surface area contributed by atoms with Crippen molar-refractivity contribution in [3.63, 3.8) is 0 Å². The average Bonchev–Trinajstić information content (AvgIpc) is 3.49. The molecule has 6 aromatic carbocycles. The Morgan fingerprint density at radius 3 is 1.84 bits per heavy atom. The van der Waals surface area contributed by atoms with Gasteiger partial charge in [-0.3, -0.25) is 0 Å². The first-order valence-corrected chi connectivity index (χ1v) is 16.9. The van der Waals surface area contributed by atoms with E-state index in [9.17, 15) is 0 Å². The van der Waals surface area contributed by atoms with Crippen LogP contribution in [0.15, 0.2) is 180 Å². The Bertz CT molecular complexity index is 2460. The van der Waals surface area contributed by atoms with Crippen molar-refractivity contribution in [2.75, 3.05) is 0 Å². The van der Waals surface area contributed by atoms with Crippen molar-refractivity contribution in [1.29, 1.82) is 0 Å². The van der Waals surface area contributed by atoms with Gasteiger partial charge in [-0.15, -0.1) is 0 Å². The number of hydrogen-bond donors (Lipinski definition) is 1. The van der Waals surface area contributed by atoms with Gasteiger partial charge < -0.3 is 10.1 Å². The Labute approximate surface area is 290 Å². The lowest BCUT2D eigenvalue weighted by atomic mass is 9.65. The molecule has 236 valence electrons. The average molecular weight is 643 g/mol. The largest absolute Gasteiger partial charge is 0.456 e. The maximum absolute atomic E-state index is 6.91. The summed E-state index contributed by atoms with van der Waals surface area (Å²) in [6, 6.07) is 58.9. The Kier molecular flexibility index (Phi) is 6.39. The van der Waals surface area contributed by atoms with Crippen molar-refractivity contribution < 1.29 is 4.74 Å². The highest BCUT2D eigenvalue weighted by Gasteiger charge is 2.51. The van der Waals surface area contributed by atoms with Crippen LogP contribution < -0.4 is 10.1 Å². The molecular formula is C45H30N4O. The molecule has 7 aromatic rings. The van der Waals surface area contributed by atoms with E-state index < -0.39 is 5.41 Å². The molecule has 2 aliphatic heterocycles. The molecule has 0 bridgehead atoms. The molecule has 3 heterocycles. The second-order valence-electron chi connectivity index (χ2n) is 12.8. The number of amidine groups is 2. The molecule has 5 nitrogen and oxygen atoms in total. The zero-order valence-electron chi connectivity index (χ0n) is 27.0. The minimum atomic E-state index is -0.540. The topological polar surface area (TPSA) is 58.9 Å². The summed E-state index contributed by atoms with van der Waals surface area (Å²) >= 11 is 0. The fourth-order valence-corrected chi connectivity index (χ4v) is 7.90. The van der Waals surface area contributed by atoms with E-state index >= 15 is 0 Å². The van der Waals surface area contributed by atoms with Crippen molar-refractivity contribution in [1.82, 2.24) is 10.3 Å². The second-order valence-corrected chi connectivity index (χ2v) is 12.8. The fourth-order valence-electron chi connectivity index (χ4n) is 7.90. The van der Waals surface area contributed by atoms with Crippen LogP contribution in [0.1, 0.15) is 45.2 Å². The number of nitrogens with one attached hydrogen (secondary N) is 1. The number of rotatable bonds is 4. The van der Waals surface area contributed by atoms with Gasteiger partial charge in [-0.1, -0.05) is 146 Å². The highest BCUT2D eigenvalue weighted by molar-refractivity contribution is 6.12. The molecule has 1 aromatic heterocycles. The summed E-state index contributed by atoms with van der Waals surface area (Å²) in [5.41, 5.74) is 11.2. The summed E-state index contributed by atoms with van der Waals surface area (Å²) in [5.74, 6) is 2.99. The zero-order chi connectivity index (χ0) is 33.1. The summed E-state index contributed by atoms with van der Waals surface area (Å²) < 4.78 is 6.91. The minimum Gasteiger partial charge on any atom is -0.456 e. The number of aromatic nitrogens is 1. The second kappa shape index (κ2) is 11.2. The van der Waals surface area contributed by atoms with E-state index in [1.165, 1.54) is 22.3 Å². The van der Waals surface area contributed by atoms with Crippen LogP contribution in [0.5, 0.6) is 11.5 Å². The predicted molar refractivity (Wildman–Crippen MR) is 199 cm³/mol. The number of nitrogens with zero attached hydrogens (tertiary/aromatic N) is 3. The summed E-state index contributed by atoms with van der Waals surface area (Å²) in [7, 11) is 0. The number of fused-ring (bicyclic) bond motifs is 9. The van der Waals surface area contributed by atoms with E-state index in [2.05, 4.69) is 115 Å². The molecule has 1 atom stereocenters. The third-order valence-electron chi connectivity index (χ3n) is 10.0. The number of benzene rings is 6. The summed E-state index contributed by atoms with van der Waals surface area (Å²) in [5, 5.41) is 3.54. The SMILES string of the molecule is c1ccc(C2=NC(c3cccc(-c4cccc5c4Oc4ccccc4C54c5ccccc5-c5ccccc54)n3)=NC(c3ccccc3)N2)cc1. The van der Waals surface area contributed by atoms with Crippen LogP contribution in [0, 0.1) is 0 Å². The standard InChI is InChI=1S/C45H30N4O/c1-3-15-29(16-4-1)42-47-43(30-17-5-2-6-18-30)49-44(48-42)39-27-14-26-38(46-39)33-21-13-25-37-41(33)50-40-28-12-11-24-36(40)45(37)34-22-9-7-19-31(34)32-20-8-10-23-35(32)45/h1-28,42H,(H,47,48,49). The van der Waals surface area contributed by atoms with E-state index in [0.29, 0.717) is 11.5 Å². The predicted octanol–water partition coefficient (Wildman–Crippen LogP) is 9.71. The quantitative estimate of drug-likeness (QED) is 0.208. The monoisotopic (exact) mass is 642 g/mol. The van der Waals surface area contributed by atoms with E-state index in [-0.39, 0.29) is 6.17 Å². The molecule has 5 heteroatoms. The van der Waals surface area contributed by atoms with Crippen LogP contribution in [0.2, 0.25) is 0 Å². The molecule has 1 spiro atoms. The normalized spacial score (nSPS) is 16.1. The molecule has 1 N–H and O–H groups in total. The van der Waals surface area contributed by atoms with Crippen molar-refractivity contribution in [3.05, 3.63) is 209 Å². The Morgan fingerprint density at radius 1 is 0.500 bits per heavy atom. The molecule has 0 fully saturated rings. The lowest BCUT2D eigenvalue weighted by Gasteiger charge is -2.40. The van der Waals surface area contributed by atoms with Gasteiger partial charge in [0.1, 0.15) is 29.2 Å². The molecule has 1 aliphatic carbocycles. The van der Waals surface area contributed by atoms with Gasteiger partial charge in [0.15, 0.2) is 5.84 Å². The lowest BCUT2D eigenvalue weighted by molar-refractivity contribution is 0.438. The minimum absolute atomic E-state index is 0.309. The van der Waals surface area contributed by atoms with Gasteiger partial charge in [0.2, 0.25) is 0 Å². The third kappa shape index (κ3) is 4.23. The molecule has 1 unspecified atom stereocenters. The van der Waals surface area contributed by atoms with Crippen LogP contribution in [-0.4, -0.2) is 16.7 Å². The number of pyridine rings is 1. The van der Waals surface area contributed by atoms with Gasteiger partial charge in [-0.25, -0.2) is 15.0 Å². The summed E-state index contributed by atoms with van der Waals surface area (Å²) in [6.45, 7) is 0. The highest BCUT2D eigenvalue weighted by atomic mass is 16.5. The molecule has 0 amide bonds. The fraction of sp³-hybridized carbons (Fsp3) is 0.0444. The van der Waals surface area contributed by atoms with Crippen molar-refractivity contribution >= 4 is 11.7 Å². The molecule has 50 heavy (non-hydrogen) atoms. The van der Waals surface area contributed by atoms with Crippen LogP contribution >= 0.6 is 0 Å². The number of ether oxygens (including phenoxy) is 1. The maximum Gasteiger partial charge on any atom is 0.178 e. The number of aliphatic imine (C=N–C) groups is 2. The van der Waals surface area contributed by atoms with Crippen molar-refractivity contribution in [2.24, 2.45) is 9.98 Å².